The van der Waals surface area contributed by atoms with E-state index in [-0.39, 0.29) is 35.9 Å². The minimum Gasteiger partial charge on any atom is -0.507 e. The molecule has 0 radical (unpaired) electrons. The molecule has 1 unspecified atom stereocenters. The Bertz CT molecular complexity index is 1280. The first-order chi connectivity index (χ1) is 18.4. The molecule has 1 aromatic heterocycles. The van der Waals surface area contributed by atoms with Crippen LogP contribution in [0.25, 0.3) is 17.1 Å². The van der Waals surface area contributed by atoms with Crippen LogP contribution in [0, 0.1) is 0 Å². The molecular formula is C26H32N4O8. The number of aromatic nitrogens is 3. The lowest BCUT2D eigenvalue weighted by atomic mass is 10.1. The molecule has 1 fully saturated rings. The number of morpholine rings is 1. The van der Waals surface area contributed by atoms with E-state index in [1.807, 2.05) is 19.1 Å². The summed E-state index contributed by atoms with van der Waals surface area (Å²) in [7, 11) is 0. The smallest absolute Gasteiger partial charge is 0.348 e. The van der Waals surface area contributed by atoms with Gasteiger partial charge in [-0.05, 0) is 30.2 Å². The highest BCUT2D eigenvalue weighted by Gasteiger charge is 2.22. The molecule has 0 saturated carbocycles. The van der Waals surface area contributed by atoms with Gasteiger partial charge < -0.3 is 29.5 Å². The Labute approximate surface area is 219 Å². The van der Waals surface area contributed by atoms with Gasteiger partial charge in [0.1, 0.15) is 12.4 Å². The quantitative estimate of drug-likeness (QED) is 0.269. The van der Waals surface area contributed by atoms with Crippen molar-refractivity contribution in [3.63, 3.8) is 0 Å². The molecule has 2 aromatic carbocycles. The number of ether oxygens (including phenoxy) is 3. The summed E-state index contributed by atoms with van der Waals surface area (Å²) in [6.07, 6.45) is -0.106. The van der Waals surface area contributed by atoms with Crippen molar-refractivity contribution in [2.45, 2.75) is 32.4 Å². The standard InChI is InChI=1S/C26H32N4O8/c1-2-3-24(34)37-16-19(15-31)38-23-12-20(21(32)13-22(23)33)25-27-28-26(35)30(25)18-6-4-17(5-7-18)14-29-8-10-36-11-9-29/h4-7,12-13,19,31-33H,2-3,8-11,14-16H2,1H3,(H,28,35). The zero-order valence-corrected chi connectivity index (χ0v) is 21.1. The normalized spacial score (nSPS) is 14.8. The van der Waals surface area contributed by atoms with E-state index in [2.05, 4.69) is 15.1 Å². The number of hydrogen-bond donors (Lipinski definition) is 4. The number of phenolic OH excluding ortho intramolecular Hbond substituents is 2. The molecule has 12 heteroatoms. The molecule has 0 bridgehead atoms. The topological polar surface area (TPSA) is 159 Å². The third-order valence-corrected chi connectivity index (χ3v) is 6.08. The second kappa shape index (κ2) is 12.6. The van der Waals surface area contributed by atoms with E-state index < -0.39 is 30.1 Å². The maximum atomic E-state index is 12.7. The molecule has 1 aliphatic heterocycles. The van der Waals surface area contributed by atoms with Crippen molar-refractivity contribution in [2.75, 3.05) is 39.5 Å². The van der Waals surface area contributed by atoms with Gasteiger partial charge in [-0.1, -0.05) is 19.1 Å². The summed E-state index contributed by atoms with van der Waals surface area (Å²) in [5.41, 5.74) is 1.18. The second-order valence-electron chi connectivity index (χ2n) is 8.94. The maximum Gasteiger partial charge on any atom is 0.348 e. The Morgan fingerprint density at radius 2 is 1.89 bits per heavy atom. The van der Waals surface area contributed by atoms with Crippen molar-refractivity contribution < 1.29 is 34.3 Å². The number of benzene rings is 2. The first-order valence-electron chi connectivity index (χ1n) is 12.5. The molecule has 0 aliphatic carbocycles. The molecule has 0 amide bonds. The fourth-order valence-corrected chi connectivity index (χ4v) is 4.08. The van der Waals surface area contributed by atoms with E-state index in [1.165, 1.54) is 10.6 Å². The van der Waals surface area contributed by atoms with Crippen LogP contribution in [0.4, 0.5) is 0 Å². The van der Waals surface area contributed by atoms with Gasteiger partial charge in [0.25, 0.3) is 0 Å². The molecular weight excluding hydrogens is 496 g/mol. The monoisotopic (exact) mass is 528 g/mol. The summed E-state index contributed by atoms with van der Waals surface area (Å²) in [6, 6.07) is 9.78. The highest BCUT2D eigenvalue weighted by molar-refractivity contribution is 5.70. The summed E-state index contributed by atoms with van der Waals surface area (Å²) in [5, 5.41) is 37.1. The van der Waals surface area contributed by atoms with Crippen LogP contribution < -0.4 is 10.4 Å². The summed E-state index contributed by atoms with van der Waals surface area (Å²) < 4.78 is 17.4. The van der Waals surface area contributed by atoms with Crippen LogP contribution in [-0.4, -0.2) is 86.6 Å². The molecule has 3 aromatic rings. The molecule has 12 nitrogen and oxygen atoms in total. The summed E-state index contributed by atoms with van der Waals surface area (Å²) >= 11 is 0. The van der Waals surface area contributed by atoms with Crippen LogP contribution in [0.2, 0.25) is 0 Å². The number of nitrogens with one attached hydrogen (secondary N) is 1. The number of carbonyl (C=O) groups excluding carboxylic acids is 1. The third-order valence-electron chi connectivity index (χ3n) is 6.08. The van der Waals surface area contributed by atoms with Crippen LogP contribution in [0.3, 0.4) is 0 Å². The lowest BCUT2D eigenvalue weighted by molar-refractivity contribution is -0.146. The van der Waals surface area contributed by atoms with Crippen molar-refractivity contribution >= 4 is 5.97 Å². The van der Waals surface area contributed by atoms with E-state index in [1.54, 1.807) is 12.1 Å². The van der Waals surface area contributed by atoms with E-state index in [4.69, 9.17) is 14.2 Å². The van der Waals surface area contributed by atoms with E-state index in [0.29, 0.717) is 25.3 Å². The van der Waals surface area contributed by atoms with Crippen LogP contribution >= 0.6 is 0 Å². The number of hydrogen-bond acceptors (Lipinski definition) is 10. The molecule has 2 heterocycles. The van der Waals surface area contributed by atoms with E-state index >= 15 is 0 Å². The highest BCUT2D eigenvalue weighted by atomic mass is 16.6. The van der Waals surface area contributed by atoms with Gasteiger partial charge in [-0.15, -0.1) is 0 Å². The van der Waals surface area contributed by atoms with Crippen LogP contribution in [0.5, 0.6) is 17.2 Å². The first-order valence-corrected chi connectivity index (χ1v) is 12.5. The Morgan fingerprint density at radius 3 is 2.58 bits per heavy atom. The fraction of sp³-hybridized carbons (Fsp3) is 0.423. The molecule has 38 heavy (non-hydrogen) atoms. The van der Waals surface area contributed by atoms with Crippen molar-refractivity contribution in [1.82, 2.24) is 19.7 Å². The number of aliphatic hydroxyl groups excluding tert-OH is 1. The number of H-pyrrole nitrogens is 1. The lowest BCUT2D eigenvalue weighted by Gasteiger charge is -2.26. The number of esters is 1. The number of aromatic amines is 1. The van der Waals surface area contributed by atoms with Crippen LogP contribution in [-0.2, 0) is 20.8 Å². The largest absolute Gasteiger partial charge is 0.507 e. The summed E-state index contributed by atoms with van der Waals surface area (Å²) in [4.78, 5) is 26.6. The zero-order valence-electron chi connectivity index (χ0n) is 21.1. The average Bonchev–Trinajstić information content (AvgIpc) is 3.29. The van der Waals surface area contributed by atoms with E-state index in [0.717, 1.165) is 31.3 Å². The van der Waals surface area contributed by atoms with Crippen LogP contribution in [0.1, 0.15) is 25.3 Å². The lowest BCUT2D eigenvalue weighted by Crippen LogP contribution is -2.35. The van der Waals surface area contributed by atoms with Gasteiger partial charge in [-0.3, -0.25) is 9.69 Å². The fourth-order valence-electron chi connectivity index (χ4n) is 4.08. The number of rotatable bonds is 11. The van der Waals surface area contributed by atoms with Gasteiger partial charge in [-0.25, -0.2) is 14.5 Å². The predicted molar refractivity (Wildman–Crippen MR) is 136 cm³/mol. The predicted octanol–water partition coefficient (Wildman–Crippen LogP) is 1.55. The zero-order chi connectivity index (χ0) is 27.1. The average molecular weight is 529 g/mol. The third kappa shape index (κ3) is 6.52. The molecule has 0 spiro atoms. The highest BCUT2D eigenvalue weighted by Crippen LogP contribution is 2.39. The molecule has 1 saturated heterocycles. The Hall–Kier alpha value is -3.87. The molecule has 204 valence electrons. The molecule has 4 N–H and O–H groups in total. The van der Waals surface area contributed by atoms with Gasteiger partial charge in [-0.2, -0.15) is 5.10 Å². The Morgan fingerprint density at radius 1 is 1.16 bits per heavy atom. The number of aromatic hydroxyl groups is 2. The molecule has 4 rings (SSSR count). The van der Waals surface area contributed by atoms with Crippen molar-refractivity contribution in [3.05, 3.63) is 52.4 Å². The summed E-state index contributed by atoms with van der Waals surface area (Å²) in [5.74, 6) is -1.17. The van der Waals surface area contributed by atoms with Gasteiger partial charge in [0, 0.05) is 32.1 Å². The summed E-state index contributed by atoms with van der Waals surface area (Å²) in [6.45, 7) is 5.01. The Balaban J connectivity index is 1.57. The molecule has 1 aliphatic rings. The van der Waals surface area contributed by atoms with Crippen LogP contribution in [0.15, 0.2) is 41.2 Å². The van der Waals surface area contributed by atoms with Crippen molar-refractivity contribution in [3.8, 4) is 34.3 Å². The van der Waals surface area contributed by atoms with Crippen molar-refractivity contribution in [1.29, 1.82) is 0 Å². The molecule has 1 atom stereocenters. The van der Waals surface area contributed by atoms with Crippen molar-refractivity contribution in [2.24, 2.45) is 0 Å². The Kier molecular flexibility index (Phi) is 9.00. The number of nitrogens with zero attached hydrogens (tertiary/aromatic N) is 3. The number of aliphatic hydroxyl groups is 1. The minimum absolute atomic E-state index is 0.0909. The minimum atomic E-state index is -0.959. The number of phenols is 2. The van der Waals surface area contributed by atoms with Gasteiger partial charge in [0.15, 0.2) is 23.4 Å². The number of carbonyl (C=O) groups is 1. The second-order valence-corrected chi connectivity index (χ2v) is 8.94. The first kappa shape index (κ1) is 27.2. The maximum absolute atomic E-state index is 12.7. The van der Waals surface area contributed by atoms with E-state index in [9.17, 15) is 24.9 Å². The van der Waals surface area contributed by atoms with Gasteiger partial charge in [0.2, 0.25) is 0 Å². The van der Waals surface area contributed by atoms with Gasteiger partial charge in [0.05, 0.1) is 31.1 Å². The SMILES string of the molecule is CCCC(=O)OCC(CO)Oc1cc(-c2n[nH]c(=O)n2-c2ccc(CN3CCOCC3)cc2)c(O)cc1O. The van der Waals surface area contributed by atoms with Gasteiger partial charge >= 0.3 is 11.7 Å².